The van der Waals surface area contributed by atoms with Crippen LogP contribution in [0.2, 0.25) is 17.3 Å². The Balaban J connectivity index is 2.39. The molecule has 0 saturated heterocycles. The average Bonchev–Trinajstić information content (AvgIpc) is 2.73. The number of hydrogen-bond acceptors (Lipinski definition) is 0. The van der Waals surface area contributed by atoms with Crippen molar-refractivity contribution in [2.24, 2.45) is 0 Å². The molecule has 14 heavy (non-hydrogen) atoms. The molecule has 1 heteroatoms. The Morgan fingerprint density at radius 2 is 1.86 bits per heavy atom. The van der Waals surface area contributed by atoms with Gasteiger partial charge in [-0.25, -0.2) is 0 Å². The maximum atomic E-state index is 2.48. The molecule has 0 bridgehead atoms. The van der Waals surface area contributed by atoms with E-state index in [1.165, 1.54) is 5.57 Å². The quantitative estimate of drug-likeness (QED) is 0.646. The summed E-state index contributed by atoms with van der Waals surface area (Å²) in [6.07, 6.45) is 13.9. The van der Waals surface area contributed by atoms with Crippen LogP contribution in [-0.2, 0) is 0 Å². The molecule has 0 fully saturated rings. The van der Waals surface area contributed by atoms with Crippen molar-refractivity contribution < 1.29 is 0 Å². The van der Waals surface area contributed by atoms with E-state index in [1.807, 2.05) is 0 Å². The SMILES string of the molecule is [CH3][Ge]([CH3])([CH3])[C]1=C(C2=CCC=C2)CC=C1. The van der Waals surface area contributed by atoms with Gasteiger partial charge in [-0.3, -0.25) is 0 Å². The zero-order valence-corrected chi connectivity index (χ0v) is 11.4. The Morgan fingerprint density at radius 3 is 2.43 bits per heavy atom. The Bertz CT molecular complexity index is 359. The van der Waals surface area contributed by atoms with Crippen molar-refractivity contribution in [2.45, 2.75) is 30.1 Å². The molecule has 0 aliphatic heterocycles. The fourth-order valence-electron chi connectivity index (χ4n) is 2.16. The fraction of sp³-hybridized carbons (Fsp3) is 0.385. The van der Waals surface area contributed by atoms with E-state index in [1.54, 1.807) is 9.98 Å². The molecule has 0 aromatic carbocycles. The summed E-state index contributed by atoms with van der Waals surface area (Å²) in [5, 5.41) is 0. The minimum absolute atomic E-state index is 1.13. The summed E-state index contributed by atoms with van der Waals surface area (Å²) in [5.41, 5.74) is 3.11. The van der Waals surface area contributed by atoms with Crippen molar-refractivity contribution in [1.82, 2.24) is 0 Å². The van der Waals surface area contributed by atoms with Crippen molar-refractivity contribution in [3.63, 3.8) is 0 Å². The molecule has 74 valence electrons. The summed E-state index contributed by atoms with van der Waals surface area (Å²) in [5.74, 6) is 7.43. The van der Waals surface area contributed by atoms with Gasteiger partial charge in [0, 0.05) is 0 Å². The molecule has 0 spiro atoms. The zero-order chi connectivity index (χ0) is 10.2. The van der Waals surface area contributed by atoms with Crippen LogP contribution >= 0.6 is 0 Å². The molecular weight excluding hydrogens is 229 g/mol. The third-order valence-electron chi connectivity index (χ3n) is 2.86. The molecule has 2 aliphatic carbocycles. The second kappa shape index (κ2) is 3.58. The first-order valence-corrected chi connectivity index (χ1v) is 12.7. The van der Waals surface area contributed by atoms with E-state index in [4.69, 9.17) is 0 Å². The van der Waals surface area contributed by atoms with E-state index in [-0.39, 0.29) is 0 Å². The van der Waals surface area contributed by atoms with Gasteiger partial charge in [0.1, 0.15) is 0 Å². The Hall–Kier alpha value is -0.497. The van der Waals surface area contributed by atoms with Gasteiger partial charge in [0.2, 0.25) is 0 Å². The van der Waals surface area contributed by atoms with Crippen molar-refractivity contribution >= 4 is 13.3 Å². The van der Waals surface area contributed by atoms with E-state index >= 15 is 0 Å². The second-order valence-corrected chi connectivity index (χ2v) is 15.6. The van der Waals surface area contributed by atoms with Gasteiger partial charge in [-0.15, -0.1) is 0 Å². The van der Waals surface area contributed by atoms with E-state index in [0.29, 0.717) is 0 Å². The van der Waals surface area contributed by atoms with Gasteiger partial charge in [0.25, 0.3) is 0 Å². The first-order valence-electron chi connectivity index (χ1n) is 5.36. The summed E-state index contributed by atoms with van der Waals surface area (Å²) < 4.78 is 1.70. The monoisotopic (exact) mass is 248 g/mol. The van der Waals surface area contributed by atoms with Crippen molar-refractivity contribution in [3.05, 3.63) is 45.9 Å². The summed E-state index contributed by atoms with van der Waals surface area (Å²) in [7, 11) is 0. The van der Waals surface area contributed by atoms with Crippen LogP contribution in [0.1, 0.15) is 12.8 Å². The van der Waals surface area contributed by atoms with E-state index < -0.39 is 13.3 Å². The summed E-state index contributed by atoms with van der Waals surface area (Å²) in [6, 6.07) is 0. The summed E-state index contributed by atoms with van der Waals surface area (Å²) in [4.78, 5) is 0. The third kappa shape index (κ3) is 1.81. The van der Waals surface area contributed by atoms with Crippen LogP contribution in [-0.4, -0.2) is 13.3 Å². The Morgan fingerprint density at radius 1 is 1.07 bits per heavy atom. The number of rotatable bonds is 2. The van der Waals surface area contributed by atoms with Crippen LogP contribution in [0.15, 0.2) is 45.9 Å². The topological polar surface area (TPSA) is 0 Å². The molecular formula is C13H18Ge. The molecule has 0 N–H and O–H groups in total. The number of hydrogen-bond donors (Lipinski definition) is 0. The van der Waals surface area contributed by atoms with Crippen LogP contribution in [0.25, 0.3) is 0 Å². The summed E-state index contributed by atoms with van der Waals surface area (Å²) in [6.45, 7) is 0. The standard InChI is InChI=1S/C13H18Ge/c1-14(2,3)13-10-6-9-12(13)11-7-4-5-8-11/h4,6-8,10H,5,9H2,1-3H3. The molecule has 0 saturated carbocycles. The van der Waals surface area contributed by atoms with Crippen molar-refractivity contribution in [2.75, 3.05) is 0 Å². The Labute approximate surface area is 89.5 Å². The molecule has 0 heterocycles. The van der Waals surface area contributed by atoms with Gasteiger partial charge in [-0.05, 0) is 0 Å². The van der Waals surface area contributed by atoms with Gasteiger partial charge in [0.15, 0.2) is 0 Å². The van der Waals surface area contributed by atoms with E-state index in [9.17, 15) is 0 Å². The molecule has 0 atom stereocenters. The van der Waals surface area contributed by atoms with Gasteiger partial charge < -0.3 is 0 Å². The van der Waals surface area contributed by atoms with E-state index in [0.717, 1.165) is 12.8 Å². The number of allylic oxidation sites excluding steroid dienone is 8. The third-order valence-corrected chi connectivity index (χ3v) is 7.23. The van der Waals surface area contributed by atoms with Crippen molar-refractivity contribution in [3.8, 4) is 0 Å². The zero-order valence-electron chi connectivity index (χ0n) is 9.30. The predicted molar refractivity (Wildman–Crippen MR) is 66.0 cm³/mol. The molecule has 2 rings (SSSR count). The molecule has 0 aromatic heterocycles. The van der Waals surface area contributed by atoms with Crippen molar-refractivity contribution in [1.29, 1.82) is 0 Å². The molecule has 0 nitrogen and oxygen atoms in total. The van der Waals surface area contributed by atoms with Crippen LogP contribution in [0, 0.1) is 0 Å². The molecule has 0 unspecified atom stereocenters. The average molecular weight is 247 g/mol. The second-order valence-electron chi connectivity index (χ2n) is 5.05. The summed E-state index contributed by atoms with van der Waals surface area (Å²) >= 11 is -1.63. The minimum atomic E-state index is -1.63. The van der Waals surface area contributed by atoms with Gasteiger partial charge in [-0.1, -0.05) is 0 Å². The van der Waals surface area contributed by atoms with Crippen LogP contribution in [0.3, 0.4) is 0 Å². The molecule has 0 amide bonds. The predicted octanol–water partition coefficient (Wildman–Crippen LogP) is 4.01. The van der Waals surface area contributed by atoms with Crippen LogP contribution < -0.4 is 0 Å². The Kier molecular flexibility index (Phi) is 2.56. The molecule has 0 radical (unpaired) electrons. The van der Waals surface area contributed by atoms with Gasteiger partial charge >= 0.3 is 89.3 Å². The maximum absolute atomic E-state index is 2.48. The first kappa shape index (κ1) is 10.0. The first-order chi connectivity index (χ1) is 6.59. The van der Waals surface area contributed by atoms with Gasteiger partial charge in [0.05, 0.1) is 0 Å². The molecule has 0 aromatic rings. The van der Waals surface area contributed by atoms with Crippen LogP contribution in [0.5, 0.6) is 0 Å². The van der Waals surface area contributed by atoms with Gasteiger partial charge in [-0.2, -0.15) is 0 Å². The van der Waals surface area contributed by atoms with E-state index in [2.05, 4.69) is 47.6 Å². The van der Waals surface area contributed by atoms with Crippen LogP contribution in [0.4, 0.5) is 0 Å². The fourth-order valence-corrected chi connectivity index (χ4v) is 5.88. The normalized spacial score (nSPS) is 20.9. The molecule has 2 aliphatic rings.